The molecule has 35 heavy (non-hydrogen) atoms. The molecule has 0 saturated carbocycles. The number of aromatic hydroxyl groups is 1. The lowest BCUT2D eigenvalue weighted by Gasteiger charge is -2.51. The number of rotatable bonds is 5. The molecule has 2 saturated heterocycles. The van der Waals surface area contributed by atoms with Gasteiger partial charge in [0.1, 0.15) is 11.9 Å². The first-order valence-corrected chi connectivity index (χ1v) is 11.5. The molecule has 4 heterocycles. The molecule has 2 bridgehead atoms. The number of piperidine rings is 2. The molecule has 0 unspecified atom stereocenters. The first kappa shape index (κ1) is 19.9. The summed E-state index contributed by atoms with van der Waals surface area (Å²) in [4.78, 5) is 9.57. The lowest BCUT2D eigenvalue weighted by molar-refractivity contribution is 0.0607. The SMILES string of the molecule is [2H]C([2H])([2H])Oc1cc(-c2ccc(-c3ncc(N(C)[C@H]4C[C@]5(C)CCC[C@H](N5)[C@H]4F)nn3)c(O)c2)cc(F)n1. The number of ether oxygens (including phenoxy) is 1. The summed E-state index contributed by atoms with van der Waals surface area (Å²) in [5, 5.41) is 22.5. The van der Waals surface area contributed by atoms with Crippen molar-refractivity contribution >= 4 is 5.82 Å². The van der Waals surface area contributed by atoms with Crippen molar-refractivity contribution in [3.8, 4) is 34.1 Å². The molecule has 1 aromatic carbocycles. The van der Waals surface area contributed by atoms with E-state index in [1.54, 1.807) is 24.1 Å². The third-order valence-corrected chi connectivity index (χ3v) is 7.04. The van der Waals surface area contributed by atoms with Gasteiger partial charge in [0.2, 0.25) is 11.8 Å². The Hall–Kier alpha value is -3.40. The summed E-state index contributed by atoms with van der Waals surface area (Å²) in [6, 6.07) is 6.32. The molecule has 0 aliphatic carbocycles. The van der Waals surface area contributed by atoms with E-state index < -0.39 is 25.0 Å². The predicted octanol–water partition coefficient (Wildman–Crippen LogP) is 3.90. The highest BCUT2D eigenvalue weighted by Crippen LogP contribution is 2.38. The lowest BCUT2D eigenvalue weighted by Crippen LogP contribution is -2.66. The zero-order valence-electron chi connectivity index (χ0n) is 22.4. The van der Waals surface area contributed by atoms with Crippen LogP contribution in [0.4, 0.5) is 14.6 Å². The van der Waals surface area contributed by atoms with Gasteiger partial charge in [0, 0.05) is 30.8 Å². The van der Waals surface area contributed by atoms with Gasteiger partial charge in [-0.3, -0.25) is 0 Å². The first-order chi connectivity index (χ1) is 17.9. The number of aromatic nitrogens is 4. The summed E-state index contributed by atoms with van der Waals surface area (Å²) in [5.41, 5.74) is 0.828. The molecule has 2 aromatic heterocycles. The highest BCUT2D eigenvalue weighted by atomic mass is 19.1. The van der Waals surface area contributed by atoms with Crippen LogP contribution in [-0.2, 0) is 0 Å². The fraction of sp³-hybridized carbons (Fsp3) is 0.440. The number of hydrogen-bond acceptors (Lipinski definition) is 8. The molecule has 2 aliphatic rings. The summed E-state index contributed by atoms with van der Waals surface area (Å²) in [5.74, 6) is -0.944. The van der Waals surface area contributed by atoms with Crippen molar-refractivity contribution < 1.29 is 22.7 Å². The minimum atomic E-state index is -2.79. The molecule has 10 heteroatoms. The maximum atomic E-state index is 15.3. The van der Waals surface area contributed by atoms with E-state index in [0.717, 1.165) is 25.3 Å². The molecule has 0 radical (unpaired) electrons. The van der Waals surface area contributed by atoms with Crippen LogP contribution in [-0.4, -0.2) is 63.2 Å². The van der Waals surface area contributed by atoms with Crippen LogP contribution in [0.15, 0.2) is 36.5 Å². The van der Waals surface area contributed by atoms with Crippen molar-refractivity contribution in [2.45, 2.75) is 56.4 Å². The first-order valence-electron chi connectivity index (χ1n) is 13.0. The zero-order valence-corrected chi connectivity index (χ0v) is 19.4. The van der Waals surface area contributed by atoms with Gasteiger partial charge in [0.15, 0.2) is 11.6 Å². The number of hydrogen-bond donors (Lipinski definition) is 2. The van der Waals surface area contributed by atoms with Crippen LogP contribution in [0.2, 0.25) is 0 Å². The Bertz CT molecular complexity index is 1330. The van der Waals surface area contributed by atoms with Crippen LogP contribution in [0.5, 0.6) is 11.6 Å². The van der Waals surface area contributed by atoms with Crippen molar-refractivity contribution in [2.75, 3.05) is 19.0 Å². The Morgan fingerprint density at radius 1 is 1.26 bits per heavy atom. The van der Waals surface area contributed by atoms with E-state index in [1.165, 1.54) is 18.3 Å². The number of benzene rings is 1. The quantitative estimate of drug-likeness (QED) is 0.526. The van der Waals surface area contributed by atoms with Gasteiger partial charge >= 0.3 is 0 Å². The van der Waals surface area contributed by atoms with Crippen LogP contribution < -0.4 is 15.0 Å². The fourth-order valence-electron chi connectivity index (χ4n) is 5.21. The van der Waals surface area contributed by atoms with E-state index in [0.29, 0.717) is 17.8 Å². The third-order valence-electron chi connectivity index (χ3n) is 7.04. The molecular weight excluding hydrogens is 454 g/mol. The van der Waals surface area contributed by atoms with E-state index in [1.807, 2.05) is 0 Å². The fourth-order valence-corrected chi connectivity index (χ4v) is 5.21. The van der Waals surface area contributed by atoms with Crippen molar-refractivity contribution in [1.29, 1.82) is 0 Å². The number of methoxy groups -OCH3 is 1. The smallest absolute Gasteiger partial charge is 0.216 e. The number of phenols is 1. The topological polar surface area (TPSA) is 96.3 Å². The molecule has 8 nitrogen and oxygen atoms in total. The number of phenolic OH excluding ortho intramolecular Hbond substituents is 1. The summed E-state index contributed by atoms with van der Waals surface area (Å²) < 4.78 is 55.5. The molecule has 2 aliphatic heterocycles. The number of anilines is 1. The Balaban J connectivity index is 1.35. The van der Waals surface area contributed by atoms with E-state index in [-0.39, 0.29) is 40.3 Å². The largest absolute Gasteiger partial charge is 0.507 e. The highest BCUT2D eigenvalue weighted by molar-refractivity contribution is 5.73. The van der Waals surface area contributed by atoms with E-state index in [9.17, 15) is 9.50 Å². The molecule has 5 rings (SSSR count). The van der Waals surface area contributed by atoms with Gasteiger partial charge in [-0.05, 0) is 55.9 Å². The molecule has 2 fully saturated rings. The minimum absolute atomic E-state index is 0.115. The Kier molecular flexibility index (Phi) is 5.10. The standard InChI is InChI=1S/C25H28F2N6O2/c1-25-8-4-5-17(30-25)23(27)18(12-25)33(2)21-13-28-24(32-31-21)16-7-6-14(9-19(16)34)15-10-20(26)29-22(11-15)35-3/h6-7,9-11,13,17-18,23,30,34H,4-5,8,12H2,1-3H3/t17-,18-,23+,25-/m0/s1/i3D3. The Morgan fingerprint density at radius 2 is 2.11 bits per heavy atom. The highest BCUT2D eigenvalue weighted by Gasteiger charge is 2.47. The van der Waals surface area contributed by atoms with Gasteiger partial charge < -0.3 is 20.1 Å². The Morgan fingerprint density at radius 3 is 2.86 bits per heavy atom. The third kappa shape index (κ3) is 4.50. The van der Waals surface area contributed by atoms with Crippen molar-refractivity contribution in [1.82, 2.24) is 25.5 Å². The summed E-state index contributed by atoms with van der Waals surface area (Å²) in [6.07, 6.45) is 3.91. The van der Waals surface area contributed by atoms with Gasteiger partial charge in [-0.25, -0.2) is 9.37 Å². The number of alkyl halides is 1. The van der Waals surface area contributed by atoms with Crippen LogP contribution in [0.1, 0.15) is 36.7 Å². The molecule has 0 amide bonds. The average molecular weight is 486 g/mol. The number of halogens is 2. The van der Waals surface area contributed by atoms with Crippen molar-refractivity contribution in [3.63, 3.8) is 0 Å². The van der Waals surface area contributed by atoms with E-state index in [4.69, 9.17) is 8.85 Å². The summed E-state index contributed by atoms with van der Waals surface area (Å²) in [7, 11) is -0.998. The maximum absolute atomic E-state index is 15.3. The number of nitrogens with one attached hydrogen (secondary N) is 1. The monoisotopic (exact) mass is 485 g/mol. The average Bonchev–Trinajstić information content (AvgIpc) is 2.84. The summed E-state index contributed by atoms with van der Waals surface area (Å²) in [6.45, 7) is 2.13. The molecule has 184 valence electrons. The van der Waals surface area contributed by atoms with Crippen LogP contribution in [0, 0.1) is 5.95 Å². The molecule has 2 N–H and O–H groups in total. The zero-order chi connectivity index (χ0) is 27.2. The van der Waals surface area contributed by atoms with Crippen molar-refractivity contribution in [3.05, 3.63) is 42.5 Å². The van der Waals surface area contributed by atoms with Gasteiger partial charge in [-0.15, -0.1) is 10.2 Å². The number of nitrogens with zero attached hydrogens (tertiary/aromatic N) is 5. The molecule has 3 aromatic rings. The van der Waals surface area contributed by atoms with E-state index in [2.05, 4.69) is 32.4 Å². The second-order valence-electron chi connectivity index (χ2n) is 9.52. The minimum Gasteiger partial charge on any atom is -0.507 e. The molecule has 4 atom stereocenters. The normalized spacial score (nSPS) is 27.4. The Labute approximate surface area is 206 Å². The second-order valence-corrected chi connectivity index (χ2v) is 9.52. The number of fused-ring (bicyclic) bond motifs is 2. The van der Waals surface area contributed by atoms with Gasteiger partial charge in [-0.1, -0.05) is 6.07 Å². The van der Waals surface area contributed by atoms with Crippen LogP contribution in [0.25, 0.3) is 22.5 Å². The van der Waals surface area contributed by atoms with Crippen LogP contribution >= 0.6 is 0 Å². The lowest BCUT2D eigenvalue weighted by atomic mass is 9.74. The van der Waals surface area contributed by atoms with Crippen LogP contribution in [0.3, 0.4) is 0 Å². The predicted molar refractivity (Wildman–Crippen MR) is 128 cm³/mol. The van der Waals surface area contributed by atoms with E-state index >= 15 is 4.39 Å². The second kappa shape index (κ2) is 8.99. The molecule has 0 spiro atoms. The number of pyridine rings is 1. The van der Waals surface area contributed by atoms with Crippen molar-refractivity contribution in [2.24, 2.45) is 0 Å². The van der Waals surface area contributed by atoms with Gasteiger partial charge in [0.25, 0.3) is 0 Å². The maximum Gasteiger partial charge on any atom is 0.216 e. The molecular formula is C25H28F2N6O2. The van der Waals surface area contributed by atoms with Gasteiger partial charge in [-0.2, -0.15) is 9.37 Å². The summed E-state index contributed by atoms with van der Waals surface area (Å²) >= 11 is 0. The van der Waals surface area contributed by atoms with Gasteiger partial charge in [0.05, 0.1) is 29.0 Å².